The van der Waals surface area contributed by atoms with Crippen LogP contribution in [0.25, 0.3) is 0 Å². The van der Waals surface area contributed by atoms with Crippen LogP contribution in [0.4, 0.5) is 4.79 Å². The zero-order valence-corrected chi connectivity index (χ0v) is 15.3. The van der Waals surface area contributed by atoms with Crippen molar-refractivity contribution >= 4 is 17.9 Å². The largest absolute Gasteiger partial charge is 0.444 e. The van der Waals surface area contributed by atoms with Gasteiger partial charge in [-0.25, -0.2) is 4.79 Å². The molecule has 2 saturated heterocycles. The molecule has 2 rings (SSSR count). The lowest BCUT2D eigenvalue weighted by molar-refractivity contribution is -0.149. The Kier molecular flexibility index (Phi) is 5.11. The SMILES string of the molecule is CC(=O)N[C@H](C)C(=O)N1CC2(CCN(C(=O)OC(C)(C)C)CC2)C1. The molecule has 7 heteroatoms. The van der Waals surface area contributed by atoms with Gasteiger partial charge in [-0.15, -0.1) is 0 Å². The molecule has 2 fully saturated rings. The Morgan fingerprint density at radius 1 is 1.08 bits per heavy atom. The molecule has 24 heavy (non-hydrogen) atoms. The highest BCUT2D eigenvalue weighted by molar-refractivity contribution is 5.87. The van der Waals surface area contributed by atoms with Crippen LogP contribution in [0.15, 0.2) is 0 Å². The summed E-state index contributed by atoms with van der Waals surface area (Å²) in [5, 5.41) is 2.63. The van der Waals surface area contributed by atoms with Crippen LogP contribution in [-0.2, 0) is 14.3 Å². The van der Waals surface area contributed by atoms with Gasteiger partial charge in [0.1, 0.15) is 11.6 Å². The lowest BCUT2D eigenvalue weighted by Crippen LogP contribution is -2.64. The molecule has 0 aliphatic carbocycles. The maximum Gasteiger partial charge on any atom is 0.410 e. The monoisotopic (exact) mass is 339 g/mol. The smallest absolute Gasteiger partial charge is 0.410 e. The second kappa shape index (κ2) is 6.61. The summed E-state index contributed by atoms with van der Waals surface area (Å²) in [5.41, 5.74) is -0.365. The van der Waals surface area contributed by atoms with Crippen molar-refractivity contribution in [1.29, 1.82) is 0 Å². The molecule has 0 aromatic rings. The molecule has 2 heterocycles. The van der Waals surface area contributed by atoms with Gasteiger partial charge in [0.05, 0.1) is 0 Å². The fourth-order valence-corrected chi connectivity index (χ4v) is 3.37. The van der Waals surface area contributed by atoms with Crippen LogP contribution >= 0.6 is 0 Å². The number of amides is 3. The third-order valence-electron chi connectivity index (χ3n) is 4.63. The van der Waals surface area contributed by atoms with E-state index in [-0.39, 0.29) is 23.3 Å². The summed E-state index contributed by atoms with van der Waals surface area (Å²) in [7, 11) is 0. The van der Waals surface area contributed by atoms with Crippen molar-refractivity contribution in [2.45, 2.75) is 59.1 Å². The van der Waals surface area contributed by atoms with Crippen LogP contribution in [0.5, 0.6) is 0 Å². The Morgan fingerprint density at radius 2 is 1.62 bits per heavy atom. The van der Waals surface area contributed by atoms with Gasteiger partial charge in [0.2, 0.25) is 11.8 Å². The number of hydrogen-bond donors (Lipinski definition) is 1. The van der Waals surface area contributed by atoms with Crippen molar-refractivity contribution < 1.29 is 19.1 Å². The number of ether oxygens (including phenoxy) is 1. The van der Waals surface area contributed by atoms with Crippen molar-refractivity contribution in [1.82, 2.24) is 15.1 Å². The Morgan fingerprint density at radius 3 is 2.08 bits per heavy atom. The van der Waals surface area contributed by atoms with E-state index >= 15 is 0 Å². The summed E-state index contributed by atoms with van der Waals surface area (Å²) in [6.45, 7) is 11.5. The minimum Gasteiger partial charge on any atom is -0.444 e. The molecule has 2 aliphatic rings. The summed E-state index contributed by atoms with van der Waals surface area (Å²) in [6.07, 6.45) is 1.50. The van der Waals surface area contributed by atoms with Gasteiger partial charge in [0.15, 0.2) is 0 Å². The minimum absolute atomic E-state index is 0.0367. The molecule has 0 saturated carbocycles. The molecule has 0 bridgehead atoms. The van der Waals surface area contributed by atoms with Crippen LogP contribution in [-0.4, -0.2) is 65.5 Å². The van der Waals surface area contributed by atoms with E-state index in [0.29, 0.717) is 26.2 Å². The van der Waals surface area contributed by atoms with Gasteiger partial charge in [-0.3, -0.25) is 9.59 Å². The molecule has 0 aromatic heterocycles. The van der Waals surface area contributed by atoms with Gasteiger partial charge in [-0.2, -0.15) is 0 Å². The first kappa shape index (κ1) is 18.5. The Hall–Kier alpha value is -1.79. The van der Waals surface area contributed by atoms with E-state index in [1.54, 1.807) is 16.7 Å². The number of rotatable bonds is 2. The summed E-state index contributed by atoms with van der Waals surface area (Å²) in [4.78, 5) is 38.9. The predicted octanol–water partition coefficient (Wildman–Crippen LogP) is 1.37. The van der Waals surface area contributed by atoms with Crippen molar-refractivity contribution in [2.24, 2.45) is 5.41 Å². The Bertz CT molecular complexity index is 510. The minimum atomic E-state index is -0.485. The van der Waals surface area contributed by atoms with Crippen LogP contribution in [0.2, 0.25) is 0 Å². The highest BCUT2D eigenvalue weighted by Gasteiger charge is 2.48. The molecule has 0 radical (unpaired) electrons. The summed E-state index contributed by atoms with van der Waals surface area (Å²) in [5.74, 6) is -0.234. The van der Waals surface area contributed by atoms with E-state index in [9.17, 15) is 14.4 Å². The number of piperidine rings is 1. The lowest BCUT2D eigenvalue weighted by atomic mass is 9.72. The van der Waals surface area contributed by atoms with Crippen molar-refractivity contribution in [3.63, 3.8) is 0 Å². The van der Waals surface area contributed by atoms with E-state index in [1.165, 1.54) is 6.92 Å². The first-order valence-electron chi connectivity index (χ1n) is 8.55. The third kappa shape index (κ3) is 4.39. The van der Waals surface area contributed by atoms with Crippen LogP contribution in [0.1, 0.15) is 47.5 Å². The summed E-state index contributed by atoms with van der Waals surface area (Å²) >= 11 is 0. The van der Waals surface area contributed by atoms with Gasteiger partial charge in [0.25, 0.3) is 0 Å². The van der Waals surface area contributed by atoms with Crippen molar-refractivity contribution in [3.8, 4) is 0 Å². The van der Waals surface area contributed by atoms with E-state index in [0.717, 1.165) is 12.8 Å². The molecule has 136 valence electrons. The molecule has 1 atom stereocenters. The molecule has 0 unspecified atom stereocenters. The van der Waals surface area contributed by atoms with Gasteiger partial charge < -0.3 is 19.9 Å². The topological polar surface area (TPSA) is 79.0 Å². The highest BCUT2D eigenvalue weighted by Crippen LogP contribution is 2.40. The second-order valence-corrected chi connectivity index (χ2v) is 8.08. The average molecular weight is 339 g/mol. The highest BCUT2D eigenvalue weighted by atomic mass is 16.6. The molecule has 1 spiro atoms. The molecular formula is C17H29N3O4. The summed E-state index contributed by atoms with van der Waals surface area (Å²) in [6, 6.07) is -0.485. The third-order valence-corrected chi connectivity index (χ3v) is 4.63. The first-order valence-corrected chi connectivity index (χ1v) is 8.55. The van der Waals surface area contributed by atoms with E-state index in [1.807, 2.05) is 20.8 Å². The fraction of sp³-hybridized carbons (Fsp3) is 0.824. The number of likely N-dealkylation sites (tertiary alicyclic amines) is 2. The van der Waals surface area contributed by atoms with E-state index < -0.39 is 11.6 Å². The molecule has 2 aliphatic heterocycles. The lowest BCUT2D eigenvalue weighted by Gasteiger charge is -2.54. The number of nitrogens with one attached hydrogen (secondary N) is 1. The molecule has 1 N–H and O–H groups in total. The Labute approximate surface area is 143 Å². The zero-order valence-electron chi connectivity index (χ0n) is 15.3. The quantitative estimate of drug-likeness (QED) is 0.824. The van der Waals surface area contributed by atoms with Crippen LogP contribution < -0.4 is 5.32 Å². The molecule has 7 nitrogen and oxygen atoms in total. The standard InChI is InChI=1S/C17H29N3O4/c1-12(18-13(2)21)14(22)20-10-17(11-20)6-8-19(9-7-17)15(23)24-16(3,4)5/h12H,6-11H2,1-5H3,(H,18,21)/t12-/m1/s1. The van der Waals surface area contributed by atoms with Gasteiger partial charge in [-0.1, -0.05) is 0 Å². The average Bonchev–Trinajstić information content (AvgIpc) is 2.41. The van der Waals surface area contributed by atoms with Crippen molar-refractivity contribution in [2.75, 3.05) is 26.2 Å². The van der Waals surface area contributed by atoms with Gasteiger partial charge in [0, 0.05) is 38.5 Å². The maximum atomic E-state index is 12.2. The zero-order chi connectivity index (χ0) is 18.1. The normalized spacial score (nSPS) is 21.0. The molecular weight excluding hydrogens is 310 g/mol. The van der Waals surface area contributed by atoms with E-state index in [4.69, 9.17) is 4.74 Å². The number of carbonyl (C=O) groups excluding carboxylic acids is 3. The first-order chi connectivity index (χ1) is 11.0. The van der Waals surface area contributed by atoms with Gasteiger partial charge in [-0.05, 0) is 40.5 Å². The van der Waals surface area contributed by atoms with Crippen LogP contribution in [0, 0.1) is 5.41 Å². The van der Waals surface area contributed by atoms with Crippen LogP contribution in [0.3, 0.4) is 0 Å². The number of nitrogens with zero attached hydrogens (tertiary/aromatic N) is 2. The maximum absolute atomic E-state index is 12.2. The number of carbonyl (C=O) groups is 3. The van der Waals surface area contributed by atoms with E-state index in [2.05, 4.69) is 5.32 Å². The van der Waals surface area contributed by atoms with Crippen molar-refractivity contribution in [3.05, 3.63) is 0 Å². The Balaban J connectivity index is 1.79. The molecule has 0 aromatic carbocycles. The molecule has 3 amide bonds. The fourth-order valence-electron chi connectivity index (χ4n) is 3.37. The second-order valence-electron chi connectivity index (χ2n) is 8.08. The predicted molar refractivity (Wildman–Crippen MR) is 89.3 cm³/mol. The van der Waals surface area contributed by atoms with Gasteiger partial charge >= 0.3 is 6.09 Å². The summed E-state index contributed by atoms with van der Waals surface area (Å²) < 4.78 is 5.41. The number of hydrogen-bond acceptors (Lipinski definition) is 4.